The first kappa shape index (κ1) is 9.96. The smallest absolute Gasteiger partial charge is 0.00172 e. The number of hydrogen-bond acceptors (Lipinski definition) is 1. The topological polar surface area (TPSA) is 12.0 Å². The third-order valence-electron chi connectivity index (χ3n) is 1.88. The van der Waals surface area contributed by atoms with Gasteiger partial charge in [-0.1, -0.05) is 27.7 Å². The number of rotatable bonds is 0. The van der Waals surface area contributed by atoms with Crippen LogP contribution in [0.15, 0.2) is 0 Å². The summed E-state index contributed by atoms with van der Waals surface area (Å²) in [5.41, 5.74) is 0. The maximum atomic E-state index is 3.32. The summed E-state index contributed by atoms with van der Waals surface area (Å²) in [6.45, 7) is 10.6. The Kier molecular flexibility index (Phi) is 5.70. The van der Waals surface area contributed by atoms with Crippen molar-refractivity contribution in [2.75, 3.05) is 13.1 Å². The van der Waals surface area contributed by atoms with E-state index in [0.717, 1.165) is 11.8 Å². The van der Waals surface area contributed by atoms with Gasteiger partial charge in [0.25, 0.3) is 0 Å². The molecule has 0 aromatic carbocycles. The Balaban J connectivity index is 0.000000180. The molecule has 0 aromatic rings. The molecule has 2 unspecified atom stereocenters. The Labute approximate surface area is 65.2 Å². The Hall–Kier alpha value is -0.0400. The average molecular weight is 143 g/mol. The lowest BCUT2D eigenvalue weighted by Crippen LogP contribution is -2.10. The van der Waals surface area contributed by atoms with E-state index < -0.39 is 0 Å². The normalized spacial score (nSPS) is 32.4. The predicted molar refractivity (Wildman–Crippen MR) is 47.2 cm³/mol. The minimum Gasteiger partial charge on any atom is -0.316 e. The van der Waals surface area contributed by atoms with Gasteiger partial charge in [0.1, 0.15) is 0 Å². The fourth-order valence-corrected chi connectivity index (χ4v) is 1.26. The molecular weight excluding hydrogens is 122 g/mol. The zero-order valence-corrected chi connectivity index (χ0v) is 7.78. The number of piperidine rings is 1. The van der Waals surface area contributed by atoms with Crippen molar-refractivity contribution < 1.29 is 0 Å². The molecule has 1 heteroatoms. The third-order valence-corrected chi connectivity index (χ3v) is 1.88. The molecule has 1 saturated heterocycles. The second-order valence-corrected chi connectivity index (χ2v) is 2.41. The van der Waals surface area contributed by atoms with Crippen LogP contribution in [-0.2, 0) is 0 Å². The molecule has 10 heavy (non-hydrogen) atoms. The first-order chi connectivity index (χ1) is 4.97. The number of hydrogen-bond donors (Lipinski definition) is 1. The van der Waals surface area contributed by atoms with E-state index in [-0.39, 0.29) is 0 Å². The third kappa shape index (κ3) is 2.70. The largest absolute Gasteiger partial charge is 0.316 e. The van der Waals surface area contributed by atoms with Gasteiger partial charge < -0.3 is 5.32 Å². The molecule has 62 valence electrons. The molecule has 1 saturated carbocycles. The van der Waals surface area contributed by atoms with Gasteiger partial charge in [-0.15, -0.1) is 0 Å². The van der Waals surface area contributed by atoms with Gasteiger partial charge >= 0.3 is 0 Å². The predicted octanol–water partition coefficient (Wildman–Crippen LogP) is 2.28. The molecule has 1 N–H and O–H groups in total. The van der Waals surface area contributed by atoms with E-state index in [1.54, 1.807) is 0 Å². The first-order valence-electron chi connectivity index (χ1n) is 4.67. The quantitative estimate of drug-likeness (QED) is 0.548. The van der Waals surface area contributed by atoms with E-state index in [2.05, 4.69) is 5.32 Å². The van der Waals surface area contributed by atoms with Crippen molar-refractivity contribution >= 4 is 0 Å². The fraction of sp³-hybridized carbons (Fsp3) is 1.00. The summed E-state index contributed by atoms with van der Waals surface area (Å²) >= 11 is 0. The lowest BCUT2D eigenvalue weighted by Gasteiger charge is -1.87. The van der Waals surface area contributed by atoms with Gasteiger partial charge in [0, 0.05) is 0 Å². The van der Waals surface area contributed by atoms with Crippen LogP contribution in [-0.4, -0.2) is 13.1 Å². The van der Waals surface area contributed by atoms with Crippen LogP contribution in [0.1, 0.15) is 34.1 Å². The van der Waals surface area contributed by atoms with E-state index in [4.69, 9.17) is 0 Å². The second kappa shape index (κ2) is 5.72. The van der Waals surface area contributed by atoms with E-state index in [0.29, 0.717) is 0 Å². The molecule has 1 aliphatic carbocycles. The summed E-state index contributed by atoms with van der Waals surface area (Å²) < 4.78 is 0. The maximum Gasteiger partial charge on any atom is -0.00172 e. The summed E-state index contributed by atoms with van der Waals surface area (Å²) in [5, 5.41) is 3.32. The fourth-order valence-electron chi connectivity index (χ4n) is 1.26. The number of nitrogens with one attached hydrogen (secondary N) is 1. The van der Waals surface area contributed by atoms with Crippen molar-refractivity contribution in [3.8, 4) is 0 Å². The Morgan fingerprint density at radius 1 is 0.900 bits per heavy atom. The highest BCUT2D eigenvalue weighted by Gasteiger charge is 2.40. The van der Waals surface area contributed by atoms with Crippen molar-refractivity contribution in [1.29, 1.82) is 0 Å². The SMILES string of the molecule is C1NCC2CC12.CC.CC. The molecule has 1 aliphatic heterocycles. The summed E-state index contributed by atoms with van der Waals surface area (Å²) in [4.78, 5) is 0. The van der Waals surface area contributed by atoms with Crippen LogP contribution in [0.5, 0.6) is 0 Å². The van der Waals surface area contributed by atoms with E-state index >= 15 is 0 Å². The second-order valence-electron chi connectivity index (χ2n) is 2.41. The molecule has 0 aromatic heterocycles. The highest BCUT2D eigenvalue weighted by atomic mass is 14.9. The van der Waals surface area contributed by atoms with Crippen LogP contribution >= 0.6 is 0 Å². The van der Waals surface area contributed by atoms with Crippen molar-refractivity contribution in [2.24, 2.45) is 11.8 Å². The minimum absolute atomic E-state index is 1.10. The Morgan fingerprint density at radius 3 is 1.40 bits per heavy atom. The van der Waals surface area contributed by atoms with Gasteiger partial charge in [0.05, 0.1) is 0 Å². The highest BCUT2D eigenvalue weighted by Crippen LogP contribution is 2.40. The van der Waals surface area contributed by atoms with Crippen LogP contribution in [0, 0.1) is 11.8 Å². The molecule has 0 spiro atoms. The van der Waals surface area contributed by atoms with E-state index in [9.17, 15) is 0 Å². The lowest BCUT2D eigenvalue weighted by molar-refractivity contribution is 0.732. The van der Waals surface area contributed by atoms with Gasteiger partial charge in [0.2, 0.25) is 0 Å². The molecular formula is C9H21N. The van der Waals surface area contributed by atoms with Crippen LogP contribution < -0.4 is 5.32 Å². The van der Waals surface area contributed by atoms with Crippen LogP contribution in [0.4, 0.5) is 0 Å². The summed E-state index contributed by atoms with van der Waals surface area (Å²) in [6.07, 6.45) is 1.52. The van der Waals surface area contributed by atoms with Gasteiger partial charge in [-0.3, -0.25) is 0 Å². The van der Waals surface area contributed by atoms with Crippen LogP contribution in [0.25, 0.3) is 0 Å². The average Bonchev–Trinajstić information content (AvgIpc) is 2.67. The maximum absolute atomic E-state index is 3.32. The molecule has 0 radical (unpaired) electrons. The summed E-state index contributed by atoms with van der Waals surface area (Å²) in [5.74, 6) is 2.20. The van der Waals surface area contributed by atoms with E-state index in [1.807, 2.05) is 27.7 Å². The monoisotopic (exact) mass is 143 g/mol. The molecule has 2 atom stereocenters. The summed E-state index contributed by atoms with van der Waals surface area (Å²) in [6, 6.07) is 0. The molecule has 1 heterocycles. The Morgan fingerprint density at radius 2 is 1.30 bits per heavy atom. The lowest BCUT2D eigenvalue weighted by atomic mass is 10.4. The van der Waals surface area contributed by atoms with Gasteiger partial charge in [0.15, 0.2) is 0 Å². The molecule has 2 rings (SSSR count). The molecule has 1 nitrogen and oxygen atoms in total. The van der Waals surface area contributed by atoms with Crippen LogP contribution in [0.3, 0.4) is 0 Å². The van der Waals surface area contributed by atoms with E-state index in [1.165, 1.54) is 19.5 Å². The van der Waals surface area contributed by atoms with Gasteiger partial charge in [-0.2, -0.15) is 0 Å². The summed E-state index contributed by atoms with van der Waals surface area (Å²) in [7, 11) is 0. The minimum atomic E-state index is 1.10. The highest BCUT2D eigenvalue weighted by molar-refractivity contribution is 4.94. The first-order valence-corrected chi connectivity index (χ1v) is 4.67. The van der Waals surface area contributed by atoms with Crippen molar-refractivity contribution in [3.05, 3.63) is 0 Å². The molecule has 2 aliphatic rings. The van der Waals surface area contributed by atoms with Gasteiger partial charge in [-0.25, -0.2) is 0 Å². The van der Waals surface area contributed by atoms with Crippen molar-refractivity contribution in [1.82, 2.24) is 5.32 Å². The zero-order chi connectivity index (χ0) is 7.98. The zero-order valence-electron chi connectivity index (χ0n) is 7.78. The van der Waals surface area contributed by atoms with Crippen LogP contribution in [0.2, 0.25) is 0 Å². The standard InChI is InChI=1S/C5H9N.2C2H6/c1-4-2-6-3-5(1)4;2*1-2/h4-6H,1-3H2;2*1-2H3. The molecule has 2 fully saturated rings. The van der Waals surface area contributed by atoms with Crippen molar-refractivity contribution in [3.63, 3.8) is 0 Å². The van der Waals surface area contributed by atoms with Gasteiger partial charge in [-0.05, 0) is 31.3 Å². The van der Waals surface area contributed by atoms with Crippen molar-refractivity contribution in [2.45, 2.75) is 34.1 Å². The Bertz CT molecular complexity index is 63.1. The number of fused-ring (bicyclic) bond motifs is 1. The molecule has 0 amide bonds. The molecule has 0 bridgehead atoms.